The number of hydrogen-bond acceptors (Lipinski definition) is 5. The van der Waals surface area contributed by atoms with Crippen molar-refractivity contribution in [2.45, 2.75) is 32.6 Å². The van der Waals surface area contributed by atoms with E-state index in [2.05, 4.69) is 21.2 Å². The van der Waals surface area contributed by atoms with Crippen LogP contribution in [0.5, 0.6) is 0 Å². The molecule has 2 heterocycles. The summed E-state index contributed by atoms with van der Waals surface area (Å²) in [5.41, 5.74) is 5.58. The molecule has 0 bridgehead atoms. The van der Waals surface area contributed by atoms with Gasteiger partial charge in [-0.3, -0.25) is 5.41 Å². The lowest BCUT2D eigenvalue weighted by molar-refractivity contribution is 0.502. The van der Waals surface area contributed by atoms with Crippen molar-refractivity contribution < 1.29 is 0 Å². The third kappa shape index (κ3) is 2.94. The first-order valence-electron chi connectivity index (χ1n) is 6.12. The summed E-state index contributed by atoms with van der Waals surface area (Å²) in [4.78, 5) is 6.75. The number of amidine groups is 1. The van der Waals surface area contributed by atoms with E-state index in [1.54, 1.807) is 0 Å². The van der Waals surface area contributed by atoms with Crippen LogP contribution in [-0.2, 0) is 6.42 Å². The number of aryl methyl sites for hydroxylation is 1. The zero-order valence-electron chi connectivity index (χ0n) is 10.1. The molecule has 0 amide bonds. The SMILES string of the molecule is CCCc1nsc(N2CCCC(C(=N)N)C2)n1. The second kappa shape index (κ2) is 5.44. The Bertz CT molecular complexity index is 389. The van der Waals surface area contributed by atoms with Crippen molar-refractivity contribution in [3.8, 4) is 0 Å². The largest absolute Gasteiger partial charge is 0.387 e. The average molecular weight is 253 g/mol. The summed E-state index contributed by atoms with van der Waals surface area (Å²) in [5.74, 6) is 1.42. The fraction of sp³-hybridized carbons (Fsp3) is 0.727. The minimum absolute atomic E-state index is 0.183. The molecule has 0 saturated carbocycles. The lowest BCUT2D eigenvalue weighted by Crippen LogP contribution is -2.40. The quantitative estimate of drug-likeness (QED) is 0.631. The monoisotopic (exact) mass is 253 g/mol. The van der Waals surface area contributed by atoms with Crippen LogP contribution in [0.1, 0.15) is 32.0 Å². The first-order valence-corrected chi connectivity index (χ1v) is 6.89. The van der Waals surface area contributed by atoms with Gasteiger partial charge in [-0.05, 0) is 19.3 Å². The second-order valence-corrected chi connectivity index (χ2v) is 5.21. The molecule has 3 N–H and O–H groups in total. The summed E-state index contributed by atoms with van der Waals surface area (Å²) in [7, 11) is 0. The summed E-state index contributed by atoms with van der Waals surface area (Å²) >= 11 is 1.46. The van der Waals surface area contributed by atoms with Gasteiger partial charge in [0.1, 0.15) is 5.82 Å². The molecule has 0 spiro atoms. The van der Waals surface area contributed by atoms with Crippen LogP contribution in [-0.4, -0.2) is 28.3 Å². The average Bonchev–Trinajstić information content (AvgIpc) is 2.78. The van der Waals surface area contributed by atoms with E-state index in [1.807, 2.05) is 0 Å². The summed E-state index contributed by atoms with van der Waals surface area (Å²) in [5, 5.41) is 8.52. The first kappa shape index (κ1) is 12.3. The second-order valence-electron chi connectivity index (χ2n) is 4.48. The highest BCUT2D eigenvalue weighted by Gasteiger charge is 2.24. The highest BCUT2D eigenvalue weighted by molar-refractivity contribution is 7.09. The van der Waals surface area contributed by atoms with Gasteiger partial charge in [0.05, 0.1) is 5.84 Å². The van der Waals surface area contributed by atoms with Crippen LogP contribution in [0.3, 0.4) is 0 Å². The lowest BCUT2D eigenvalue weighted by Gasteiger charge is -2.31. The van der Waals surface area contributed by atoms with Gasteiger partial charge in [0.15, 0.2) is 0 Å². The third-order valence-electron chi connectivity index (χ3n) is 3.06. The van der Waals surface area contributed by atoms with Crippen molar-refractivity contribution in [3.05, 3.63) is 5.82 Å². The minimum atomic E-state index is 0.183. The van der Waals surface area contributed by atoms with Gasteiger partial charge in [0, 0.05) is 37.0 Å². The molecule has 17 heavy (non-hydrogen) atoms. The van der Waals surface area contributed by atoms with E-state index in [9.17, 15) is 0 Å². The molecule has 1 aromatic heterocycles. The number of aromatic nitrogens is 2. The number of nitrogens with one attached hydrogen (secondary N) is 1. The Hall–Kier alpha value is -1.17. The predicted molar refractivity (Wildman–Crippen MR) is 70.8 cm³/mol. The Labute approximate surface area is 106 Å². The highest BCUT2D eigenvalue weighted by atomic mass is 32.1. The van der Waals surface area contributed by atoms with E-state index in [1.165, 1.54) is 11.5 Å². The standard InChI is InChI=1S/C11H19N5S/c1-2-4-9-14-11(17-15-9)16-6-3-5-8(7-16)10(12)13/h8H,2-7H2,1H3,(H3,12,13). The summed E-state index contributed by atoms with van der Waals surface area (Å²) in [6.07, 6.45) is 4.12. The fourth-order valence-electron chi connectivity index (χ4n) is 2.10. The first-order chi connectivity index (χ1) is 8.20. The van der Waals surface area contributed by atoms with Crippen molar-refractivity contribution in [2.24, 2.45) is 11.7 Å². The van der Waals surface area contributed by atoms with Crippen molar-refractivity contribution in [2.75, 3.05) is 18.0 Å². The molecular weight excluding hydrogens is 234 g/mol. The van der Waals surface area contributed by atoms with Crippen LogP contribution in [0.15, 0.2) is 0 Å². The van der Waals surface area contributed by atoms with E-state index >= 15 is 0 Å². The Morgan fingerprint density at radius 2 is 2.47 bits per heavy atom. The maximum Gasteiger partial charge on any atom is 0.205 e. The molecule has 1 atom stereocenters. The van der Waals surface area contributed by atoms with Gasteiger partial charge in [-0.25, -0.2) is 4.98 Å². The fourth-order valence-corrected chi connectivity index (χ4v) is 2.85. The smallest absolute Gasteiger partial charge is 0.205 e. The Morgan fingerprint density at radius 3 is 3.18 bits per heavy atom. The van der Waals surface area contributed by atoms with E-state index in [-0.39, 0.29) is 5.92 Å². The van der Waals surface area contributed by atoms with E-state index < -0.39 is 0 Å². The number of piperidine rings is 1. The summed E-state index contributed by atoms with van der Waals surface area (Å²) in [6, 6.07) is 0. The van der Waals surface area contributed by atoms with Crippen molar-refractivity contribution in [1.82, 2.24) is 9.36 Å². The Balaban J connectivity index is 2.02. The minimum Gasteiger partial charge on any atom is -0.387 e. The van der Waals surface area contributed by atoms with Crippen LogP contribution in [0.25, 0.3) is 0 Å². The van der Waals surface area contributed by atoms with Crippen LogP contribution < -0.4 is 10.6 Å². The van der Waals surface area contributed by atoms with Crippen LogP contribution in [0, 0.1) is 11.3 Å². The maximum atomic E-state index is 7.53. The van der Waals surface area contributed by atoms with Gasteiger partial charge in [0.2, 0.25) is 5.13 Å². The van der Waals surface area contributed by atoms with Crippen LogP contribution in [0.2, 0.25) is 0 Å². The number of nitrogens with two attached hydrogens (primary N) is 1. The van der Waals surface area contributed by atoms with Crippen LogP contribution in [0.4, 0.5) is 5.13 Å². The molecule has 1 aromatic rings. The van der Waals surface area contributed by atoms with E-state index in [0.717, 1.165) is 49.7 Å². The molecule has 0 aliphatic carbocycles. The molecule has 1 unspecified atom stereocenters. The highest BCUT2D eigenvalue weighted by Crippen LogP contribution is 2.24. The third-order valence-corrected chi connectivity index (χ3v) is 3.88. The zero-order chi connectivity index (χ0) is 12.3. The van der Waals surface area contributed by atoms with E-state index in [0.29, 0.717) is 5.84 Å². The van der Waals surface area contributed by atoms with Crippen molar-refractivity contribution in [1.29, 1.82) is 5.41 Å². The molecule has 1 aliphatic rings. The van der Waals surface area contributed by atoms with Gasteiger partial charge in [-0.2, -0.15) is 4.37 Å². The molecule has 1 fully saturated rings. The molecule has 1 saturated heterocycles. The van der Waals surface area contributed by atoms with Gasteiger partial charge < -0.3 is 10.6 Å². The van der Waals surface area contributed by atoms with Crippen molar-refractivity contribution >= 4 is 22.5 Å². The maximum absolute atomic E-state index is 7.53. The normalized spacial score (nSPS) is 20.5. The number of anilines is 1. The van der Waals surface area contributed by atoms with Gasteiger partial charge in [0.25, 0.3) is 0 Å². The zero-order valence-corrected chi connectivity index (χ0v) is 11.0. The van der Waals surface area contributed by atoms with Crippen LogP contribution >= 0.6 is 11.5 Å². The molecule has 5 nitrogen and oxygen atoms in total. The molecule has 0 aromatic carbocycles. The predicted octanol–water partition coefficient (Wildman–Crippen LogP) is 1.64. The summed E-state index contributed by atoms with van der Waals surface area (Å²) in [6.45, 7) is 3.95. The Kier molecular flexibility index (Phi) is 3.93. The van der Waals surface area contributed by atoms with E-state index in [4.69, 9.17) is 11.1 Å². The van der Waals surface area contributed by atoms with Gasteiger partial charge >= 0.3 is 0 Å². The van der Waals surface area contributed by atoms with Gasteiger partial charge in [-0.15, -0.1) is 0 Å². The number of nitrogens with zero attached hydrogens (tertiary/aromatic N) is 3. The molecule has 94 valence electrons. The van der Waals surface area contributed by atoms with Crippen molar-refractivity contribution in [3.63, 3.8) is 0 Å². The molecule has 0 radical (unpaired) electrons. The Morgan fingerprint density at radius 1 is 1.65 bits per heavy atom. The number of rotatable bonds is 4. The number of hydrogen-bond donors (Lipinski definition) is 2. The van der Waals surface area contributed by atoms with Gasteiger partial charge in [-0.1, -0.05) is 6.92 Å². The topological polar surface area (TPSA) is 78.9 Å². The molecule has 6 heteroatoms. The summed E-state index contributed by atoms with van der Waals surface area (Å²) < 4.78 is 4.35. The molecular formula is C11H19N5S. The molecule has 2 rings (SSSR count). The lowest BCUT2D eigenvalue weighted by atomic mass is 9.97. The molecule has 1 aliphatic heterocycles.